The van der Waals surface area contributed by atoms with E-state index in [0.29, 0.717) is 23.6 Å². The van der Waals surface area contributed by atoms with Gasteiger partial charge in [0.15, 0.2) is 5.78 Å². The molecule has 0 saturated carbocycles. The number of Topliss-reactive ketones (excluding diaryl/α,β-unsaturated/α-hetero) is 1. The predicted molar refractivity (Wildman–Crippen MR) is 57.2 cm³/mol. The van der Waals surface area contributed by atoms with Gasteiger partial charge in [-0.15, -0.1) is 0 Å². The van der Waals surface area contributed by atoms with Crippen molar-refractivity contribution in [1.82, 2.24) is 0 Å². The second-order valence-corrected chi connectivity index (χ2v) is 3.88. The van der Waals surface area contributed by atoms with E-state index in [0.717, 1.165) is 4.47 Å². The lowest BCUT2D eigenvalue weighted by Crippen LogP contribution is -2.08. The van der Waals surface area contributed by atoms with Crippen molar-refractivity contribution in [3.63, 3.8) is 0 Å². The first-order valence-electron chi connectivity index (χ1n) is 3.83. The number of ketones is 1. The molecule has 0 radical (unpaired) electrons. The van der Waals surface area contributed by atoms with Crippen LogP contribution in [0, 0.1) is 0 Å². The van der Waals surface area contributed by atoms with Crippen LogP contribution in [0.2, 0.25) is 5.02 Å². The zero-order valence-corrected chi connectivity index (χ0v) is 9.23. The molecule has 0 amide bonds. The number of benzene rings is 1. The number of halogens is 2. The maximum atomic E-state index is 11.4. The second kappa shape index (κ2) is 4.74. The maximum Gasteiger partial charge on any atom is 0.165 e. The zero-order valence-electron chi connectivity index (χ0n) is 6.89. The summed E-state index contributed by atoms with van der Waals surface area (Å²) in [5.41, 5.74) is 5.92. The molecule has 0 saturated heterocycles. The smallest absolute Gasteiger partial charge is 0.165 e. The van der Waals surface area contributed by atoms with E-state index < -0.39 is 0 Å². The van der Waals surface area contributed by atoms with E-state index in [9.17, 15) is 4.79 Å². The minimum atomic E-state index is 0.0334. The highest BCUT2D eigenvalue weighted by Crippen LogP contribution is 2.22. The average Bonchev–Trinajstić information content (AvgIpc) is 2.04. The van der Waals surface area contributed by atoms with E-state index in [1.807, 2.05) is 0 Å². The fourth-order valence-corrected chi connectivity index (χ4v) is 1.89. The van der Waals surface area contributed by atoms with Crippen LogP contribution in [0.3, 0.4) is 0 Å². The lowest BCUT2D eigenvalue weighted by molar-refractivity contribution is 0.0984. The zero-order chi connectivity index (χ0) is 9.84. The van der Waals surface area contributed by atoms with Gasteiger partial charge in [-0.05, 0) is 40.7 Å². The van der Waals surface area contributed by atoms with Crippen molar-refractivity contribution in [3.05, 3.63) is 33.3 Å². The molecule has 0 heterocycles. The molecule has 2 N–H and O–H groups in total. The predicted octanol–water partition coefficient (Wildman–Crippen LogP) is 2.63. The number of hydrogen-bond acceptors (Lipinski definition) is 2. The first-order chi connectivity index (χ1) is 6.15. The number of rotatable bonds is 3. The minimum Gasteiger partial charge on any atom is -0.330 e. The van der Waals surface area contributed by atoms with Crippen LogP contribution in [0.1, 0.15) is 16.8 Å². The molecule has 2 nitrogen and oxygen atoms in total. The van der Waals surface area contributed by atoms with Crippen molar-refractivity contribution in [2.24, 2.45) is 5.73 Å². The quantitative estimate of drug-likeness (QED) is 0.851. The molecule has 0 bridgehead atoms. The Morgan fingerprint density at radius 1 is 1.54 bits per heavy atom. The van der Waals surface area contributed by atoms with Crippen molar-refractivity contribution in [2.45, 2.75) is 6.42 Å². The fraction of sp³-hybridized carbons (Fsp3) is 0.222. The van der Waals surface area contributed by atoms with Gasteiger partial charge in [0, 0.05) is 21.5 Å². The Morgan fingerprint density at radius 2 is 2.23 bits per heavy atom. The highest BCUT2D eigenvalue weighted by Gasteiger charge is 2.08. The second-order valence-electron chi connectivity index (χ2n) is 2.59. The molecule has 4 heteroatoms. The van der Waals surface area contributed by atoms with Crippen LogP contribution in [-0.4, -0.2) is 12.3 Å². The average molecular weight is 263 g/mol. The summed E-state index contributed by atoms with van der Waals surface area (Å²) in [4.78, 5) is 11.4. The van der Waals surface area contributed by atoms with Gasteiger partial charge in [0.1, 0.15) is 0 Å². The third-order valence-corrected chi connectivity index (χ3v) is 2.49. The summed E-state index contributed by atoms with van der Waals surface area (Å²) >= 11 is 9.00. The molecule has 1 aromatic rings. The summed E-state index contributed by atoms with van der Waals surface area (Å²) in [6.45, 7) is 0.369. The first kappa shape index (κ1) is 10.7. The minimum absolute atomic E-state index is 0.0334. The molecule has 0 fully saturated rings. The number of hydrogen-bond donors (Lipinski definition) is 1. The SMILES string of the molecule is NCCC(=O)c1ccc(Cl)cc1Br. The van der Waals surface area contributed by atoms with Crippen LogP contribution in [0.15, 0.2) is 22.7 Å². The molecule has 0 spiro atoms. The first-order valence-corrected chi connectivity index (χ1v) is 5.00. The molecule has 0 aromatic heterocycles. The van der Waals surface area contributed by atoms with E-state index in [4.69, 9.17) is 17.3 Å². The fourth-order valence-electron chi connectivity index (χ4n) is 0.981. The van der Waals surface area contributed by atoms with Crippen LogP contribution >= 0.6 is 27.5 Å². The highest BCUT2D eigenvalue weighted by molar-refractivity contribution is 9.10. The highest BCUT2D eigenvalue weighted by atomic mass is 79.9. The largest absolute Gasteiger partial charge is 0.330 e. The Kier molecular flexibility index (Phi) is 3.90. The molecule has 70 valence electrons. The van der Waals surface area contributed by atoms with E-state index in [-0.39, 0.29) is 5.78 Å². The van der Waals surface area contributed by atoms with Crippen molar-refractivity contribution < 1.29 is 4.79 Å². The number of nitrogens with two attached hydrogens (primary N) is 1. The van der Waals surface area contributed by atoms with Crippen LogP contribution < -0.4 is 5.73 Å². The summed E-state index contributed by atoms with van der Waals surface area (Å²) < 4.78 is 0.721. The summed E-state index contributed by atoms with van der Waals surface area (Å²) in [5.74, 6) is 0.0334. The summed E-state index contributed by atoms with van der Waals surface area (Å²) in [7, 11) is 0. The molecule has 0 aliphatic rings. The lowest BCUT2D eigenvalue weighted by atomic mass is 10.1. The Morgan fingerprint density at radius 3 is 2.77 bits per heavy atom. The van der Waals surface area contributed by atoms with E-state index >= 15 is 0 Å². The van der Waals surface area contributed by atoms with Gasteiger partial charge in [-0.3, -0.25) is 4.79 Å². The lowest BCUT2D eigenvalue weighted by Gasteiger charge is -2.02. The van der Waals surface area contributed by atoms with Crippen molar-refractivity contribution in [3.8, 4) is 0 Å². The monoisotopic (exact) mass is 261 g/mol. The molecule has 1 aromatic carbocycles. The van der Waals surface area contributed by atoms with Gasteiger partial charge in [-0.2, -0.15) is 0 Å². The summed E-state index contributed by atoms with van der Waals surface area (Å²) in [5, 5.41) is 0.608. The number of carbonyl (C=O) groups is 1. The van der Waals surface area contributed by atoms with Crippen molar-refractivity contribution in [2.75, 3.05) is 6.54 Å². The molecule has 1 rings (SSSR count). The Balaban J connectivity index is 2.95. The normalized spacial score (nSPS) is 10.1. The van der Waals surface area contributed by atoms with Gasteiger partial charge < -0.3 is 5.73 Å². The van der Waals surface area contributed by atoms with Gasteiger partial charge in [0.25, 0.3) is 0 Å². The van der Waals surface area contributed by atoms with Crippen LogP contribution in [0.25, 0.3) is 0 Å². The molecular weight excluding hydrogens is 253 g/mol. The van der Waals surface area contributed by atoms with Gasteiger partial charge >= 0.3 is 0 Å². The topological polar surface area (TPSA) is 43.1 Å². The Hall–Kier alpha value is -0.380. The molecule has 0 aliphatic carbocycles. The molecular formula is C9H9BrClNO. The van der Waals surface area contributed by atoms with Crippen molar-refractivity contribution >= 4 is 33.3 Å². The summed E-state index contributed by atoms with van der Waals surface area (Å²) in [6, 6.07) is 5.09. The van der Waals surface area contributed by atoms with Gasteiger partial charge in [0.2, 0.25) is 0 Å². The molecule has 0 aliphatic heterocycles. The van der Waals surface area contributed by atoms with E-state index in [1.165, 1.54) is 0 Å². The van der Waals surface area contributed by atoms with Crippen LogP contribution in [-0.2, 0) is 0 Å². The summed E-state index contributed by atoms with van der Waals surface area (Å²) in [6.07, 6.45) is 0.361. The molecule has 0 unspecified atom stereocenters. The maximum absolute atomic E-state index is 11.4. The van der Waals surface area contributed by atoms with Gasteiger partial charge in [-0.25, -0.2) is 0 Å². The van der Waals surface area contributed by atoms with Gasteiger partial charge in [0.05, 0.1) is 0 Å². The van der Waals surface area contributed by atoms with Crippen LogP contribution in [0.4, 0.5) is 0 Å². The third-order valence-electron chi connectivity index (χ3n) is 1.60. The number of carbonyl (C=O) groups excluding carboxylic acids is 1. The van der Waals surface area contributed by atoms with Crippen molar-refractivity contribution in [1.29, 1.82) is 0 Å². The Labute approximate surface area is 90.2 Å². The molecule has 0 atom stereocenters. The molecule has 13 heavy (non-hydrogen) atoms. The third kappa shape index (κ3) is 2.79. The van der Waals surface area contributed by atoms with E-state index in [1.54, 1.807) is 18.2 Å². The standard InChI is InChI=1S/C9H9BrClNO/c10-8-5-6(11)1-2-7(8)9(13)3-4-12/h1-2,5H,3-4,12H2. The van der Waals surface area contributed by atoms with E-state index in [2.05, 4.69) is 15.9 Å². The Bertz CT molecular complexity index is 327. The van der Waals surface area contributed by atoms with Gasteiger partial charge in [-0.1, -0.05) is 11.6 Å². The van der Waals surface area contributed by atoms with Crippen LogP contribution in [0.5, 0.6) is 0 Å².